The normalized spacial score (nSPS) is 21.3. The van der Waals surface area contributed by atoms with Gasteiger partial charge in [0.15, 0.2) is 0 Å². The zero-order valence-corrected chi connectivity index (χ0v) is 23.7. The Hall–Kier alpha value is -4.64. The first kappa shape index (κ1) is 27.2. The van der Waals surface area contributed by atoms with Crippen LogP contribution in [0.1, 0.15) is 69.0 Å². The number of fused-ring (bicyclic) bond motifs is 2. The molecule has 0 bridgehead atoms. The second-order valence-electron chi connectivity index (χ2n) is 11.6. The number of nitrogens with one attached hydrogen (secondary N) is 1. The van der Waals surface area contributed by atoms with Gasteiger partial charge >= 0.3 is 0 Å². The average molecular weight is 581 g/mol. The Kier molecular flexibility index (Phi) is 7.10. The minimum Gasteiger partial charge on any atom is -0.491 e. The average Bonchev–Trinajstić information content (AvgIpc) is 3.25. The fourth-order valence-electron chi connectivity index (χ4n) is 6.61. The standard InChI is InChI=1S/C32H32N6O5/c39-28-7-5-26(29(40)35-28)38-19-23-17-22(3-4-24(23)30(38)41)21-8-12-36(13-9-21)18-20-2-6-27-25(16-20)31(42)37(14-15-43-27)32-33-10-1-11-34-32/h1-4,6,10-11,16-17,21,26H,5,7-9,12-15,18-19H2,(H,35,39,40). The summed E-state index contributed by atoms with van der Waals surface area (Å²) in [6, 6.07) is 13.0. The summed E-state index contributed by atoms with van der Waals surface area (Å²) >= 11 is 0. The molecule has 1 N–H and O–H groups in total. The molecule has 0 radical (unpaired) electrons. The summed E-state index contributed by atoms with van der Waals surface area (Å²) in [5.74, 6) is 0.351. The summed E-state index contributed by atoms with van der Waals surface area (Å²) < 4.78 is 5.88. The molecule has 2 saturated heterocycles. The molecule has 43 heavy (non-hydrogen) atoms. The molecule has 0 saturated carbocycles. The van der Waals surface area contributed by atoms with Crippen LogP contribution in [0.15, 0.2) is 54.9 Å². The van der Waals surface area contributed by atoms with E-state index in [1.54, 1.807) is 28.3 Å². The Morgan fingerprint density at radius 3 is 2.49 bits per heavy atom. The topological polar surface area (TPSA) is 125 Å². The molecule has 1 unspecified atom stereocenters. The van der Waals surface area contributed by atoms with Gasteiger partial charge in [0.1, 0.15) is 18.4 Å². The highest BCUT2D eigenvalue weighted by molar-refractivity contribution is 6.07. The van der Waals surface area contributed by atoms with E-state index in [0.717, 1.165) is 43.6 Å². The van der Waals surface area contributed by atoms with Crippen molar-refractivity contribution in [2.45, 2.75) is 50.7 Å². The molecule has 7 rings (SSSR count). The van der Waals surface area contributed by atoms with Crippen molar-refractivity contribution < 1.29 is 23.9 Å². The third-order valence-electron chi connectivity index (χ3n) is 8.90. The number of hydrogen-bond acceptors (Lipinski definition) is 8. The number of likely N-dealkylation sites (tertiary alicyclic amines) is 1. The SMILES string of the molecule is O=C1CCC(N2Cc3cc(C4CCN(Cc5ccc6c(c5)C(=O)N(c5ncccn5)CCO6)CC4)ccc3C2=O)C(=O)N1. The first-order valence-electron chi connectivity index (χ1n) is 14.8. The number of carbonyl (C=O) groups excluding carboxylic acids is 4. The molecular formula is C32H32N6O5. The van der Waals surface area contributed by atoms with Gasteiger partial charge in [-0.3, -0.25) is 34.3 Å². The van der Waals surface area contributed by atoms with Gasteiger partial charge in [0, 0.05) is 37.5 Å². The second-order valence-corrected chi connectivity index (χ2v) is 11.6. The van der Waals surface area contributed by atoms with Crippen molar-refractivity contribution in [2.24, 2.45) is 0 Å². The van der Waals surface area contributed by atoms with Crippen LogP contribution in [0.3, 0.4) is 0 Å². The van der Waals surface area contributed by atoms with Crippen LogP contribution in [-0.4, -0.2) is 75.7 Å². The molecule has 11 heteroatoms. The molecule has 11 nitrogen and oxygen atoms in total. The summed E-state index contributed by atoms with van der Waals surface area (Å²) in [4.78, 5) is 64.5. The number of carbonyl (C=O) groups is 4. The van der Waals surface area contributed by atoms with E-state index in [9.17, 15) is 19.2 Å². The van der Waals surface area contributed by atoms with Gasteiger partial charge in [-0.1, -0.05) is 18.2 Å². The van der Waals surface area contributed by atoms with Gasteiger partial charge in [-0.2, -0.15) is 0 Å². The number of imide groups is 1. The van der Waals surface area contributed by atoms with E-state index in [2.05, 4.69) is 26.3 Å². The predicted molar refractivity (Wildman–Crippen MR) is 155 cm³/mol. The van der Waals surface area contributed by atoms with E-state index >= 15 is 0 Å². The first-order valence-corrected chi connectivity index (χ1v) is 14.8. The van der Waals surface area contributed by atoms with E-state index < -0.39 is 6.04 Å². The zero-order valence-electron chi connectivity index (χ0n) is 23.7. The molecule has 1 atom stereocenters. The maximum Gasteiger partial charge on any atom is 0.264 e. The van der Waals surface area contributed by atoms with Crippen LogP contribution < -0.4 is 15.0 Å². The van der Waals surface area contributed by atoms with Gasteiger partial charge < -0.3 is 9.64 Å². The van der Waals surface area contributed by atoms with Crippen molar-refractivity contribution in [2.75, 3.05) is 31.1 Å². The van der Waals surface area contributed by atoms with E-state index in [-0.39, 0.29) is 30.0 Å². The van der Waals surface area contributed by atoms with Crippen LogP contribution >= 0.6 is 0 Å². The number of nitrogens with zero attached hydrogens (tertiary/aromatic N) is 5. The molecule has 220 valence electrons. The van der Waals surface area contributed by atoms with Crippen LogP contribution in [0.5, 0.6) is 5.75 Å². The Morgan fingerprint density at radius 2 is 1.70 bits per heavy atom. The van der Waals surface area contributed by atoms with Crippen molar-refractivity contribution in [1.29, 1.82) is 0 Å². The lowest BCUT2D eigenvalue weighted by Gasteiger charge is -2.32. The fourth-order valence-corrected chi connectivity index (χ4v) is 6.61. The summed E-state index contributed by atoms with van der Waals surface area (Å²) in [6.45, 7) is 3.70. The fraction of sp³-hybridized carbons (Fsp3) is 0.375. The first-order chi connectivity index (χ1) is 20.9. The summed E-state index contributed by atoms with van der Waals surface area (Å²) in [7, 11) is 0. The van der Waals surface area contributed by atoms with Crippen LogP contribution in [0.4, 0.5) is 5.95 Å². The van der Waals surface area contributed by atoms with Crippen LogP contribution in [-0.2, 0) is 22.7 Å². The third kappa shape index (κ3) is 5.25. The Labute approximate surface area is 248 Å². The van der Waals surface area contributed by atoms with Gasteiger partial charge in [0.2, 0.25) is 17.8 Å². The molecule has 3 aromatic rings. The quantitative estimate of drug-likeness (QED) is 0.457. The molecule has 5 heterocycles. The van der Waals surface area contributed by atoms with Crippen molar-refractivity contribution in [3.05, 3.63) is 82.7 Å². The maximum absolute atomic E-state index is 13.4. The van der Waals surface area contributed by atoms with Crippen molar-refractivity contribution in [3.63, 3.8) is 0 Å². The van der Waals surface area contributed by atoms with Gasteiger partial charge in [-0.05, 0) is 79.2 Å². The molecule has 4 aliphatic heterocycles. The van der Waals surface area contributed by atoms with Crippen LogP contribution in [0, 0.1) is 0 Å². The highest BCUT2D eigenvalue weighted by atomic mass is 16.5. The Morgan fingerprint density at radius 1 is 0.884 bits per heavy atom. The molecule has 2 aromatic carbocycles. The van der Waals surface area contributed by atoms with E-state index in [4.69, 9.17) is 4.74 Å². The van der Waals surface area contributed by atoms with Gasteiger partial charge in [0.25, 0.3) is 11.8 Å². The van der Waals surface area contributed by atoms with E-state index in [1.807, 2.05) is 30.3 Å². The highest BCUT2D eigenvalue weighted by Gasteiger charge is 2.39. The predicted octanol–water partition coefficient (Wildman–Crippen LogP) is 2.66. The largest absolute Gasteiger partial charge is 0.491 e. The number of aromatic nitrogens is 2. The number of amides is 4. The summed E-state index contributed by atoms with van der Waals surface area (Å²) in [5.41, 5.74) is 4.38. The van der Waals surface area contributed by atoms with Gasteiger partial charge in [0.05, 0.1) is 12.1 Å². The number of piperidine rings is 2. The highest BCUT2D eigenvalue weighted by Crippen LogP contribution is 2.34. The lowest BCUT2D eigenvalue weighted by atomic mass is 9.87. The number of ether oxygens (including phenoxy) is 1. The van der Waals surface area contributed by atoms with Crippen molar-refractivity contribution in [3.8, 4) is 5.75 Å². The van der Waals surface area contributed by atoms with Crippen LogP contribution in [0.25, 0.3) is 0 Å². The number of anilines is 1. The van der Waals surface area contributed by atoms with Crippen molar-refractivity contribution >= 4 is 29.6 Å². The minimum absolute atomic E-state index is 0.144. The minimum atomic E-state index is -0.603. The third-order valence-corrected chi connectivity index (χ3v) is 8.90. The maximum atomic E-state index is 13.4. The Bertz CT molecular complexity index is 1600. The zero-order chi connectivity index (χ0) is 29.5. The molecule has 0 aliphatic carbocycles. The number of hydrogen-bond donors (Lipinski definition) is 1. The Balaban J connectivity index is 0.990. The second kappa shape index (κ2) is 11.2. The van der Waals surface area contributed by atoms with E-state index in [1.165, 1.54) is 5.56 Å². The lowest BCUT2D eigenvalue weighted by molar-refractivity contribution is -0.136. The number of benzene rings is 2. The monoisotopic (exact) mass is 580 g/mol. The summed E-state index contributed by atoms with van der Waals surface area (Å²) in [5, 5.41) is 2.36. The number of rotatable bonds is 5. The molecule has 0 spiro atoms. The molecule has 4 amide bonds. The molecule has 2 fully saturated rings. The molecule has 1 aromatic heterocycles. The van der Waals surface area contributed by atoms with Gasteiger partial charge in [-0.25, -0.2) is 9.97 Å². The van der Waals surface area contributed by atoms with Crippen LogP contribution in [0.2, 0.25) is 0 Å². The van der Waals surface area contributed by atoms with E-state index in [0.29, 0.717) is 54.9 Å². The lowest BCUT2D eigenvalue weighted by Crippen LogP contribution is -2.52. The molecular weight excluding hydrogens is 548 g/mol. The van der Waals surface area contributed by atoms with Gasteiger partial charge in [-0.15, -0.1) is 0 Å². The van der Waals surface area contributed by atoms with Crippen molar-refractivity contribution in [1.82, 2.24) is 25.1 Å². The summed E-state index contributed by atoms with van der Waals surface area (Å²) in [6.07, 6.45) is 5.82. The molecule has 4 aliphatic rings. The smallest absolute Gasteiger partial charge is 0.264 e.